The lowest BCUT2D eigenvalue weighted by Gasteiger charge is -2.30. The molecule has 122 valence electrons. The first kappa shape index (κ1) is 18.7. The second kappa shape index (κ2) is 7.80. The highest BCUT2D eigenvalue weighted by molar-refractivity contribution is 6.30. The Balaban J connectivity index is 3.50. The van der Waals surface area contributed by atoms with Gasteiger partial charge in [0.25, 0.3) is 0 Å². The number of esters is 2. The fraction of sp³-hybridized carbons (Fsp3) is 0.353. The van der Waals surface area contributed by atoms with Gasteiger partial charge in [-0.15, -0.1) is 0 Å². The molecule has 0 aromatic heterocycles. The van der Waals surface area contributed by atoms with E-state index in [2.05, 4.69) is 6.58 Å². The fourth-order valence-electron chi connectivity index (χ4n) is 2.33. The maximum absolute atomic E-state index is 12.3. The van der Waals surface area contributed by atoms with Crippen LogP contribution in [0.3, 0.4) is 0 Å². The molecule has 0 bridgehead atoms. The number of nitrogens with zero attached hydrogens (tertiary/aromatic N) is 1. The van der Waals surface area contributed by atoms with E-state index < -0.39 is 23.3 Å². The Morgan fingerprint density at radius 2 is 2.13 bits per heavy atom. The first-order valence-electron chi connectivity index (χ1n) is 6.92. The Labute approximate surface area is 140 Å². The van der Waals surface area contributed by atoms with Crippen LogP contribution in [0, 0.1) is 16.7 Å². The maximum atomic E-state index is 12.3. The average molecular weight is 336 g/mol. The molecule has 0 heterocycles. The summed E-state index contributed by atoms with van der Waals surface area (Å²) in [6, 6.07) is 8.51. The normalized spacial score (nSPS) is 14.0. The molecule has 2 unspecified atom stereocenters. The van der Waals surface area contributed by atoms with Crippen LogP contribution in [0.25, 0.3) is 0 Å². The van der Waals surface area contributed by atoms with Crippen molar-refractivity contribution in [3.63, 3.8) is 0 Å². The van der Waals surface area contributed by atoms with Crippen molar-refractivity contribution in [3.05, 3.63) is 47.0 Å². The molecule has 0 aliphatic rings. The molecule has 6 heteroatoms. The standard InChI is InChI=1S/C17H18ClNO4/c1-5-23-16(21)17(3,10-19)14(11(2)15(20)22-4)12-7-6-8-13(18)9-12/h6-9,14H,2,5H2,1,3-4H3. The molecule has 0 saturated heterocycles. The highest BCUT2D eigenvalue weighted by atomic mass is 35.5. The van der Waals surface area contributed by atoms with Gasteiger partial charge < -0.3 is 9.47 Å². The van der Waals surface area contributed by atoms with Gasteiger partial charge in [0.1, 0.15) is 0 Å². The third-order valence-electron chi connectivity index (χ3n) is 3.49. The van der Waals surface area contributed by atoms with Gasteiger partial charge in [0.05, 0.1) is 19.8 Å². The zero-order valence-corrected chi connectivity index (χ0v) is 14.0. The summed E-state index contributed by atoms with van der Waals surface area (Å²) in [7, 11) is 1.20. The number of ether oxygens (including phenoxy) is 2. The van der Waals surface area contributed by atoms with Crippen LogP contribution in [0.2, 0.25) is 5.02 Å². The van der Waals surface area contributed by atoms with Crippen molar-refractivity contribution >= 4 is 23.5 Å². The molecular weight excluding hydrogens is 318 g/mol. The van der Waals surface area contributed by atoms with Gasteiger partial charge >= 0.3 is 11.9 Å². The summed E-state index contributed by atoms with van der Waals surface area (Å²) in [6.07, 6.45) is 0. The van der Waals surface area contributed by atoms with Crippen LogP contribution >= 0.6 is 11.6 Å². The van der Waals surface area contributed by atoms with Crippen LogP contribution < -0.4 is 0 Å². The molecule has 0 fully saturated rings. The van der Waals surface area contributed by atoms with Crippen molar-refractivity contribution in [2.24, 2.45) is 5.41 Å². The quantitative estimate of drug-likeness (QED) is 0.589. The molecule has 0 radical (unpaired) electrons. The second-order valence-corrected chi connectivity index (χ2v) is 5.48. The highest BCUT2D eigenvalue weighted by Crippen LogP contribution is 2.42. The summed E-state index contributed by atoms with van der Waals surface area (Å²) in [4.78, 5) is 24.3. The topological polar surface area (TPSA) is 76.4 Å². The van der Waals surface area contributed by atoms with E-state index in [-0.39, 0.29) is 12.2 Å². The van der Waals surface area contributed by atoms with E-state index in [1.165, 1.54) is 14.0 Å². The van der Waals surface area contributed by atoms with Crippen LogP contribution in [0.15, 0.2) is 36.4 Å². The first-order chi connectivity index (χ1) is 10.8. The minimum absolute atomic E-state index is 0.0214. The number of carbonyl (C=O) groups excluding carboxylic acids is 2. The van der Waals surface area contributed by atoms with Gasteiger partial charge in [-0.25, -0.2) is 4.79 Å². The predicted octanol–water partition coefficient (Wildman–Crippen LogP) is 3.25. The summed E-state index contributed by atoms with van der Waals surface area (Å²) in [5, 5.41) is 10.0. The summed E-state index contributed by atoms with van der Waals surface area (Å²) in [5.41, 5.74) is -1.16. The third kappa shape index (κ3) is 3.91. The van der Waals surface area contributed by atoms with Gasteiger partial charge in [0.15, 0.2) is 5.41 Å². The van der Waals surface area contributed by atoms with Gasteiger partial charge in [-0.05, 0) is 31.5 Å². The largest absolute Gasteiger partial charge is 0.466 e. The van der Waals surface area contributed by atoms with E-state index in [1.54, 1.807) is 31.2 Å². The van der Waals surface area contributed by atoms with Crippen LogP contribution in [-0.4, -0.2) is 25.7 Å². The second-order valence-electron chi connectivity index (χ2n) is 5.04. The average Bonchev–Trinajstić information content (AvgIpc) is 2.54. The zero-order valence-electron chi connectivity index (χ0n) is 13.3. The molecular formula is C17H18ClNO4. The molecule has 0 amide bonds. The van der Waals surface area contributed by atoms with Gasteiger partial charge in [0, 0.05) is 16.5 Å². The molecule has 5 nitrogen and oxygen atoms in total. The smallest absolute Gasteiger partial charge is 0.333 e. The first-order valence-corrected chi connectivity index (χ1v) is 7.30. The summed E-state index contributed by atoms with van der Waals surface area (Å²) in [6.45, 7) is 6.87. The number of benzene rings is 1. The maximum Gasteiger partial charge on any atom is 0.333 e. The van der Waals surface area contributed by atoms with Gasteiger partial charge in [0.2, 0.25) is 0 Å². The number of nitriles is 1. The summed E-state index contributed by atoms with van der Waals surface area (Å²) in [5.74, 6) is -2.39. The van der Waals surface area contributed by atoms with E-state index in [1.807, 2.05) is 6.07 Å². The minimum atomic E-state index is -1.65. The molecule has 0 spiro atoms. The number of rotatable bonds is 6. The molecule has 23 heavy (non-hydrogen) atoms. The molecule has 0 aliphatic heterocycles. The third-order valence-corrected chi connectivity index (χ3v) is 3.72. The van der Waals surface area contributed by atoms with E-state index in [4.69, 9.17) is 21.1 Å². The van der Waals surface area contributed by atoms with Crippen molar-refractivity contribution in [1.82, 2.24) is 0 Å². The van der Waals surface area contributed by atoms with Crippen LogP contribution in [0.5, 0.6) is 0 Å². The Bertz CT molecular complexity index is 665. The Hall–Kier alpha value is -2.32. The molecule has 0 N–H and O–H groups in total. The Morgan fingerprint density at radius 1 is 1.48 bits per heavy atom. The highest BCUT2D eigenvalue weighted by Gasteiger charge is 2.47. The fourth-order valence-corrected chi connectivity index (χ4v) is 2.53. The van der Waals surface area contributed by atoms with Gasteiger partial charge in [-0.2, -0.15) is 5.26 Å². The van der Waals surface area contributed by atoms with Gasteiger partial charge in [-0.1, -0.05) is 30.3 Å². The minimum Gasteiger partial charge on any atom is -0.466 e. The molecule has 0 aliphatic carbocycles. The lowest BCUT2D eigenvalue weighted by molar-refractivity contribution is -0.152. The van der Waals surface area contributed by atoms with Crippen LogP contribution in [0.4, 0.5) is 0 Å². The molecule has 2 atom stereocenters. The number of halogens is 1. The number of hydrogen-bond acceptors (Lipinski definition) is 5. The van der Waals surface area contributed by atoms with Gasteiger partial charge in [-0.3, -0.25) is 4.79 Å². The van der Waals surface area contributed by atoms with Crippen molar-refractivity contribution in [3.8, 4) is 6.07 Å². The summed E-state index contributed by atoms with van der Waals surface area (Å²) >= 11 is 6.00. The van der Waals surface area contributed by atoms with E-state index in [0.29, 0.717) is 10.6 Å². The predicted molar refractivity (Wildman–Crippen MR) is 85.7 cm³/mol. The summed E-state index contributed by atoms with van der Waals surface area (Å²) < 4.78 is 9.70. The van der Waals surface area contributed by atoms with Crippen molar-refractivity contribution in [2.75, 3.05) is 13.7 Å². The number of carbonyl (C=O) groups is 2. The molecule has 0 saturated carbocycles. The lowest BCUT2D eigenvalue weighted by Crippen LogP contribution is -2.37. The molecule has 1 aromatic rings. The molecule has 1 rings (SSSR count). The van der Waals surface area contributed by atoms with Crippen molar-refractivity contribution in [2.45, 2.75) is 19.8 Å². The van der Waals surface area contributed by atoms with Crippen molar-refractivity contribution in [1.29, 1.82) is 5.26 Å². The van der Waals surface area contributed by atoms with E-state index >= 15 is 0 Å². The number of methoxy groups -OCH3 is 1. The SMILES string of the molecule is C=C(C(=O)OC)C(c1cccc(Cl)c1)C(C)(C#N)C(=O)OCC. The Kier molecular flexibility index (Phi) is 6.35. The van der Waals surface area contributed by atoms with Crippen LogP contribution in [-0.2, 0) is 19.1 Å². The van der Waals surface area contributed by atoms with E-state index in [0.717, 1.165) is 0 Å². The monoisotopic (exact) mass is 335 g/mol. The van der Waals surface area contributed by atoms with E-state index in [9.17, 15) is 14.9 Å². The lowest BCUT2D eigenvalue weighted by atomic mass is 9.70. The number of hydrogen-bond donors (Lipinski definition) is 0. The van der Waals surface area contributed by atoms with Crippen molar-refractivity contribution < 1.29 is 19.1 Å². The Morgan fingerprint density at radius 3 is 2.61 bits per heavy atom. The molecule has 1 aromatic carbocycles. The van der Waals surface area contributed by atoms with Crippen LogP contribution in [0.1, 0.15) is 25.3 Å². The zero-order chi connectivity index (χ0) is 17.6.